The van der Waals surface area contributed by atoms with E-state index in [1.807, 2.05) is 0 Å². The van der Waals surface area contributed by atoms with Crippen molar-refractivity contribution in [2.75, 3.05) is 13.7 Å². The summed E-state index contributed by atoms with van der Waals surface area (Å²) in [5.41, 5.74) is 1.83. The number of ether oxygens (including phenoxy) is 1. The maximum atomic E-state index is 11.8. The second-order valence-corrected chi connectivity index (χ2v) is 7.03. The minimum atomic E-state index is -0.196. The van der Waals surface area contributed by atoms with Crippen LogP contribution >= 0.6 is 0 Å². The maximum Gasteiger partial charge on any atom is 0.322 e. The molecule has 0 aromatic heterocycles. The molecule has 3 heteroatoms. The summed E-state index contributed by atoms with van der Waals surface area (Å²) in [5, 5.41) is 3.40. The third kappa shape index (κ3) is 4.34. The van der Waals surface area contributed by atoms with Gasteiger partial charge >= 0.3 is 5.97 Å². The van der Waals surface area contributed by atoms with E-state index in [2.05, 4.69) is 46.0 Å². The van der Waals surface area contributed by atoms with E-state index < -0.39 is 0 Å². The molecule has 0 saturated heterocycles. The van der Waals surface area contributed by atoms with Crippen molar-refractivity contribution >= 4 is 5.97 Å². The molecular weight excluding hydrogens is 250 g/mol. The van der Waals surface area contributed by atoms with Gasteiger partial charge in [-0.3, -0.25) is 4.79 Å². The fourth-order valence-corrected chi connectivity index (χ4v) is 3.10. The van der Waals surface area contributed by atoms with Crippen LogP contribution in [-0.4, -0.2) is 25.7 Å². The minimum absolute atomic E-state index is 0.151. The number of carbonyl (C=O) groups excluding carboxylic acids is 1. The van der Waals surface area contributed by atoms with Gasteiger partial charge in [0.25, 0.3) is 0 Å². The largest absolute Gasteiger partial charge is 0.468 e. The lowest BCUT2D eigenvalue weighted by molar-refractivity contribution is -0.143. The van der Waals surface area contributed by atoms with Gasteiger partial charge in [-0.15, -0.1) is 0 Å². The van der Waals surface area contributed by atoms with Crippen molar-refractivity contribution in [2.45, 2.75) is 59.9 Å². The Labute approximate surface area is 124 Å². The number of nitrogens with one attached hydrogen (secondary N) is 1. The van der Waals surface area contributed by atoms with Crippen molar-refractivity contribution in [2.24, 2.45) is 17.3 Å². The first-order valence-corrected chi connectivity index (χ1v) is 7.78. The first-order chi connectivity index (χ1) is 9.31. The first-order valence-electron chi connectivity index (χ1n) is 7.78. The second-order valence-electron chi connectivity index (χ2n) is 7.03. The monoisotopic (exact) mass is 281 g/mol. The van der Waals surface area contributed by atoms with Crippen LogP contribution in [0.2, 0.25) is 0 Å². The molecule has 0 spiro atoms. The van der Waals surface area contributed by atoms with Gasteiger partial charge in [0.1, 0.15) is 6.04 Å². The highest BCUT2D eigenvalue weighted by Gasteiger charge is 2.40. The Balaban J connectivity index is 2.59. The van der Waals surface area contributed by atoms with Crippen LogP contribution in [0.1, 0.15) is 53.9 Å². The van der Waals surface area contributed by atoms with E-state index in [0.717, 1.165) is 13.0 Å². The molecule has 20 heavy (non-hydrogen) atoms. The highest BCUT2D eigenvalue weighted by atomic mass is 16.5. The average molecular weight is 281 g/mol. The Morgan fingerprint density at radius 1 is 1.45 bits per heavy atom. The molecule has 1 rings (SSSR count). The van der Waals surface area contributed by atoms with E-state index in [1.165, 1.54) is 25.5 Å². The van der Waals surface area contributed by atoms with Crippen molar-refractivity contribution in [3.05, 3.63) is 11.6 Å². The molecule has 116 valence electrons. The predicted molar refractivity (Wildman–Crippen MR) is 83.5 cm³/mol. The van der Waals surface area contributed by atoms with Gasteiger partial charge < -0.3 is 10.1 Å². The Bertz CT molecular complexity index is 358. The lowest BCUT2D eigenvalue weighted by atomic mass is 9.59. The Hall–Kier alpha value is -0.830. The number of allylic oxidation sites excluding steroid dienone is 1. The Kier molecular flexibility index (Phi) is 6.25. The number of methoxy groups -OCH3 is 1. The van der Waals surface area contributed by atoms with Gasteiger partial charge in [0, 0.05) is 6.54 Å². The maximum absolute atomic E-state index is 11.8. The number of hydrogen-bond acceptors (Lipinski definition) is 3. The van der Waals surface area contributed by atoms with Gasteiger partial charge in [-0.2, -0.15) is 0 Å². The average Bonchev–Trinajstić information content (AvgIpc) is 2.38. The second kappa shape index (κ2) is 7.26. The van der Waals surface area contributed by atoms with Gasteiger partial charge in [-0.1, -0.05) is 39.3 Å². The smallest absolute Gasteiger partial charge is 0.322 e. The third-order valence-corrected chi connectivity index (χ3v) is 4.58. The van der Waals surface area contributed by atoms with Gasteiger partial charge in [-0.05, 0) is 43.4 Å². The summed E-state index contributed by atoms with van der Waals surface area (Å²) >= 11 is 0. The molecule has 0 aromatic carbocycles. The summed E-state index contributed by atoms with van der Waals surface area (Å²) in [6.07, 6.45) is 5.59. The molecule has 1 N–H and O–H groups in total. The van der Waals surface area contributed by atoms with Crippen LogP contribution < -0.4 is 5.32 Å². The highest BCUT2D eigenvalue weighted by Crippen LogP contribution is 2.49. The summed E-state index contributed by atoms with van der Waals surface area (Å²) in [4.78, 5) is 11.8. The van der Waals surface area contributed by atoms with Crippen LogP contribution in [0.15, 0.2) is 11.6 Å². The number of esters is 1. The lowest BCUT2D eigenvalue weighted by Gasteiger charge is -2.46. The molecule has 0 amide bonds. The summed E-state index contributed by atoms with van der Waals surface area (Å²) in [6, 6.07) is -0.196. The Morgan fingerprint density at radius 3 is 2.45 bits per heavy atom. The fraction of sp³-hybridized carbons (Fsp3) is 0.824. The molecule has 0 bridgehead atoms. The van der Waals surface area contributed by atoms with Crippen LogP contribution in [0.25, 0.3) is 0 Å². The van der Waals surface area contributed by atoms with Crippen LogP contribution in [0.3, 0.4) is 0 Å². The van der Waals surface area contributed by atoms with E-state index in [-0.39, 0.29) is 12.0 Å². The zero-order valence-electron chi connectivity index (χ0n) is 14.0. The van der Waals surface area contributed by atoms with Gasteiger partial charge in [0.2, 0.25) is 0 Å². The predicted octanol–water partition coefficient (Wildman–Crippen LogP) is 3.55. The van der Waals surface area contributed by atoms with Crippen LogP contribution in [0.5, 0.6) is 0 Å². The summed E-state index contributed by atoms with van der Waals surface area (Å²) in [6.45, 7) is 11.8. The van der Waals surface area contributed by atoms with Crippen molar-refractivity contribution in [3.63, 3.8) is 0 Å². The van der Waals surface area contributed by atoms with E-state index in [9.17, 15) is 4.79 Å². The zero-order valence-corrected chi connectivity index (χ0v) is 14.0. The fourth-order valence-electron chi connectivity index (χ4n) is 3.10. The van der Waals surface area contributed by atoms with Crippen LogP contribution in [0.4, 0.5) is 0 Å². The van der Waals surface area contributed by atoms with Crippen molar-refractivity contribution in [1.29, 1.82) is 0 Å². The molecule has 1 unspecified atom stereocenters. The van der Waals surface area contributed by atoms with Gasteiger partial charge in [0.15, 0.2) is 0 Å². The highest BCUT2D eigenvalue weighted by molar-refractivity contribution is 5.75. The van der Waals surface area contributed by atoms with Crippen molar-refractivity contribution in [3.8, 4) is 0 Å². The van der Waals surface area contributed by atoms with Gasteiger partial charge in [0.05, 0.1) is 7.11 Å². The van der Waals surface area contributed by atoms with Gasteiger partial charge in [-0.25, -0.2) is 0 Å². The van der Waals surface area contributed by atoms with Crippen LogP contribution in [0, 0.1) is 17.3 Å². The number of carbonyl (C=O) groups is 1. The minimum Gasteiger partial charge on any atom is -0.468 e. The molecule has 0 aliphatic heterocycles. The molecule has 3 nitrogen and oxygen atoms in total. The van der Waals surface area contributed by atoms with E-state index in [4.69, 9.17) is 4.74 Å². The summed E-state index contributed by atoms with van der Waals surface area (Å²) in [7, 11) is 1.46. The molecule has 0 aromatic rings. The molecular formula is C17H31NO2. The standard InChI is InChI=1S/C17H31NO2/c1-7-13(14-8-9-17(14,4)5)11-18-15(10-12(2)3)16(19)20-6/h7,12,14-15,18H,8-11H2,1-6H3/b13-7-/t14?,15-/m0/s1. The van der Waals surface area contributed by atoms with Crippen molar-refractivity contribution in [1.82, 2.24) is 5.32 Å². The molecule has 1 aliphatic rings. The topological polar surface area (TPSA) is 38.3 Å². The van der Waals surface area contributed by atoms with Crippen LogP contribution in [-0.2, 0) is 9.53 Å². The third-order valence-electron chi connectivity index (χ3n) is 4.58. The SMILES string of the molecule is C/C=C(/CN[C@@H](CC(C)C)C(=O)OC)C1CCC1(C)C. The summed E-state index contributed by atoms with van der Waals surface area (Å²) in [5.74, 6) is 0.972. The van der Waals surface area contributed by atoms with Crippen molar-refractivity contribution < 1.29 is 9.53 Å². The Morgan fingerprint density at radius 2 is 2.10 bits per heavy atom. The molecule has 1 fully saturated rings. The normalized spacial score (nSPS) is 23.4. The molecule has 0 heterocycles. The lowest BCUT2D eigenvalue weighted by Crippen LogP contribution is -2.43. The van der Waals surface area contributed by atoms with E-state index in [0.29, 0.717) is 17.3 Å². The zero-order chi connectivity index (χ0) is 15.3. The number of rotatable bonds is 7. The first kappa shape index (κ1) is 17.2. The number of hydrogen-bond donors (Lipinski definition) is 1. The summed E-state index contributed by atoms with van der Waals surface area (Å²) < 4.78 is 4.90. The molecule has 0 radical (unpaired) electrons. The molecule has 1 aliphatic carbocycles. The quantitative estimate of drug-likeness (QED) is 0.573. The van der Waals surface area contributed by atoms with E-state index in [1.54, 1.807) is 0 Å². The molecule has 2 atom stereocenters. The molecule has 1 saturated carbocycles. The van der Waals surface area contributed by atoms with E-state index >= 15 is 0 Å².